The number of imidazole rings is 1. The zero-order chi connectivity index (χ0) is 40.6. The topological polar surface area (TPSA) is 182 Å². The van der Waals surface area contributed by atoms with E-state index < -0.39 is 35.6 Å². The molecule has 5 amide bonds. The van der Waals surface area contributed by atoms with Crippen LogP contribution in [0.5, 0.6) is 0 Å². The van der Waals surface area contributed by atoms with Gasteiger partial charge >= 0.3 is 5.69 Å². The van der Waals surface area contributed by atoms with E-state index in [0.29, 0.717) is 76.4 Å². The van der Waals surface area contributed by atoms with E-state index in [1.165, 1.54) is 9.13 Å². The smallest absolute Gasteiger partial charge is 0.329 e. The van der Waals surface area contributed by atoms with E-state index in [-0.39, 0.29) is 54.9 Å². The molecule has 0 aliphatic carbocycles. The van der Waals surface area contributed by atoms with Crippen molar-refractivity contribution in [2.75, 3.05) is 59.0 Å². The van der Waals surface area contributed by atoms with Crippen LogP contribution in [0.3, 0.4) is 0 Å². The molecule has 16 nitrogen and oxygen atoms in total. The number of likely N-dealkylation sites (tertiary alicyclic amines) is 1. The van der Waals surface area contributed by atoms with Gasteiger partial charge in [0.15, 0.2) is 0 Å². The van der Waals surface area contributed by atoms with Crippen LogP contribution in [0.15, 0.2) is 53.3 Å². The number of hydrogen-bond donors (Lipinski definition) is 2. The van der Waals surface area contributed by atoms with Gasteiger partial charge in [0.1, 0.15) is 24.8 Å². The van der Waals surface area contributed by atoms with Crippen molar-refractivity contribution in [3.63, 3.8) is 0 Å². The minimum absolute atomic E-state index is 0.177. The van der Waals surface area contributed by atoms with Crippen molar-refractivity contribution in [2.24, 2.45) is 18.2 Å². The SMILES string of the molecule is Cn1c(=O)n(C2CCC(=O)NC2=O)c2ccc(CN3CCN(C(=O)CO[C@@H]4CCN(C(=O)[C@@H](N)C(C)(C)C)[C@@H]4C(=O)N4CCO[C@H](c5ccccc5)C4)CC3)cc21. The first-order valence-corrected chi connectivity index (χ1v) is 19.9. The van der Waals surface area contributed by atoms with E-state index in [0.717, 1.165) is 11.1 Å². The number of benzene rings is 2. The van der Waals surface area contributed by atoms with Crippen molar-refractivity contribution < 1.29 is 33.4 Å². The first kappa shape index (κ1) is 40.3. The highest BCUT2D eigenvalue weighted by atomic mass is 16.5. The molecule has 0 saturated carbocycles. The van der Waals surface area contributed by atoms with Gasteiger partial charge < -0.3 is 29.9 Å². The highest BCUT2D eigenvalue weighted by molar-refractivity contribution is 6.00. The maximum absolute atomic E-state index is 14.3. The van der Waals surface area contributed by atoms with E-state index in [9.17, 15) is 28.8 Å². The molecule has 4 aliphatic rings. The van der Waals surface area contributed by atoms with Crippen molar-refractivity contribution in [3.05, 3.63) is 70.1 Å². The summed E-state index contributed by atoms with van der Waals surface area (Å²) in [4.78, 5) is 86.4. The lowest BCUT2D eigenvalue weighted by Crippen LogP contribution is -2.59. The Morgan fingerprint density at radius 2 is 1.67 bits per heavy atom. The summed E-state index contributed by atoms with van der Waals surface area (Å²) in [6, 6.07) is 13.0. The number of hydrogen-bond acceptors (Lipinski definition) is 10. The number of amides is 5. The summed E-state index contributed by atoms with van der Waals surface area (Å²) in [7, 11) is 1.67. The van der Waals surface area contributed by atoms with Crippen molar-refractivity contribution in [2.45, 2.75) is 76.9 Å². The van der Waals surface area contributed by atoms with E-state index in [1.807, 2.05) is 69.3 Å². The average Bonchev–Trinajstić information content (AvgIpc) is 3.74. The van der Waals surface area contributed by atoms with Crippen LogP contribution in [-0.2, 0) is 47.0 Å². The molecule has 0 spiro atoms. The predicted molar refractivity (Wildman–Crippen MR) is 209 cm³/mol. The van der Waals surface area contributed by atoms with E-state index in [2.05, 4.69) is 10.2 Å². The molecule has 0 bridgehead atoms. The molecule has 3 aromatic rings. The Hall–Kier alpha value is -4.90. The lowest BCUT2D eigenvalue weighted by molar-refractivity contribution is -0.156. The molecule has 16 heteroatoms. The van der Waals surface area contributed by atoms with Crippen LogP contribution in [0.4, 0.5) is 0 Å². The predicted octanol–water partition coefficient (Wildman–Crippen LogP) is 0.922. The Labute approximate surface area is 331 Å². The molecule has 2 aromatic carbocycles. The molecular formula is C41H54N8O8. The van der Waals surface area contributed by atoms with Gasteiger partial charge in [-0.15, -0.1) is 0 Å². The fraction of sp³-hybridized carbons (Fsp3) is 0.561. The largest absolute Gasteiger partial charge is 0.370 e. The summed E-state index contributed by atoms with van der Waals surface area (Å²) in [5.41, 5.74) is 8.88. The van der Waals surface area contributed by atoms with E-state index in [4.69, 9.17) is 15.2 Å². The normalized spacial score (nSPS) is 24.2. The Morgan fingerprint density at radius 3 is 2.37 bits per heavy atom. The molecule has 3 N–H and O–H groups in total. The number of nitrogens with two attached hydrogens (primary N) is 1. The number of aromatic nitrogens is 2. The first-order valence-electron chi connectivity index (χ1n) is 19.9. The van der Waals surface area contributed by atoms with Crippen molar-refractivity contribution in [1.29, 1.82) is 0 Å². The summed E-state index contributed by atoms with van der Waals surface area (Å²) in [5, 5.41) is 2.34. The molecular weight excluding hydrogens is 732 g/mol. The van der Waals surface area contributed by atoms with Crippen LogP contribution < -0.4 is 16.7 Å². The fourth-order valence-electron chi connectivity index (χ4n) is 8.35. The number of ether oxygens (including phenoxy) is 2. The number of carbonyl (C=O) groups excluding carboxylic acids is 5. The Kier molecular flexibility index (Phi) is 11.7. The van der Waals surface area contributed by atoms with Crippen molar-refractivity contribution in [1.82, 2.24) is 34.1 Å². The lowest BCUT2D eigenvalue weighted by atomic mass is 9.86. The molecule has 5 heterocycles. The van der Waals surface area contributed by atoms with Gasteiger partial charge in [0.05, 0.1) is 36.3 Å². The third kappa shape index (κ3) is 8.40. The second-order valence-corrected chi connectivity index (χ2v) is 16.7. The zero-order valence-corrected chi connectivity index (χ0v) is 33.2. The van der Waals surface area contributed by atoms with Gasteiger partial charge in [-0.1, -0.05) is 57.2 Å². The highest BCUT2D eigenvalue weighted by Gasteiger charge is 2.48. The van der Waals surface area contributed by atoms with Gasteiger partial charge in [-0.2, -0.15) is 0 Å². The maximum Gasteiger partial charge on any atom is 0.329 e. The molecule has 5 atom stereocenters. The summed E-state index contributed by atoms with van der Waals surface area (Å²) in [6.45, 7) is 9.66. The van der Waals surface area contributed by atoms with Gasteiger partial charge in [0, 0.05) is 59.3 Å². The van der Waals surface area contributed by atoms with Crippen LogP contribution >= 0.6 is 0 Å². The van der Waals surface area contributed by atoms with Gasteiger partial charge in [-0.3, -0.25) is 43.3 Å². The minimum atomic E-state index is -0.914. The molecule has 4 fully saturated rings. The van der Waals surface area contributed by atoms with Gasteiger partial charge in [0.2, 0.25) is 29.5 Å². The number of rotatable bonds is 9. The van der Waals surface area contributed by atoms with Gasteiger partial charge in [-0.25, -0.2) is 4.79 Å². The second kappa shape index (κ2) is 16.5. The Bertz CT molecular complexity index is 2070. The number of morpholine rings is 1. The molecule has 306 valence electrons. The highest BCUT2D eigenvalue weighted by Crippen LogP contribution is 2.30. The lowest BCUT2D eigenvalue weighted by Gasteiger charge is -2.39. The number of nitrogens with one attached hydrogen (secondary N) is 1. The third-order valence-corrected chi connectivity index (χ3v) is 11.9. The molecule has 0 radical (unpaired) electrons. The number of piperazine rings is 1. The van der Waals surface area contributed by atoms with Gasteiger partial charge in [0.25, 0.3) is 0 Å². The summed E-state index contributed by atoms with van der Waals surface area (Å²) >= 11 is 0. The summed E-state index contributed by atoms with van der Waals surface area (Å²) in [5.74, 6) is -1.53. The molecule has 7 rings (SSSR count). The van der Waals surface area contributed by atoms with Crippen molar-refractivity contribution >= 4 is 40.6 Å². The number of aryl methyl sites for hydroxylation is 1. The molecule has 4 aliphatic heterocycles. The monoisotopic (exact) mass is 786 g/mol. The molecule has 57 heavy (non-hydrogen) atoms. The van der Waals surface area contributed by atoms with Crippen LogP contribution in [0.25, 0.3) is 11.0 Å². The number of piperidine rings is 1. The summed E-state index contributed by atoms with van der Waals surface area (Å²) < 4.78 is 15.3. The number of carbonyl (C=O) groups is 5. The van der Waals surface area contributed by atoms with Crippen LogP contribution in [0.1, 0.15) is 63.3 Å². The standard InChI is InChI=1S/C41H54N8O8/c1-41(2,3)36(42)39(54)48-15-14-31(35(48)38(53)47-20-21-56-32(24-47)27-8-6-5-7-9-27)57-25-34(51)46-18-16-45(17-19-46)23-26-10-11-28-30(22-26)44(4)40(55)49(28)29-12-13-33(50)43-37(29)52/h5-11,22,29,31-32,35-36H,12-21,23-25,42H2,1-4H3,(H,43,50,52)/t29?,31-,32+,35+,36-/m1/s1. The maximum atomic E-state index is 14.3. The Balaban J connectivity index is 0.968. The Morgan fingerprint density at radius 1 is 0.930 bits per heavy atom. The van der Waals surface area contributed by atoms with Gasteiger partial charge in [-0.05, 0) is 41.5 Å². The first-order chi connectivity index (χ1) is 27.2. The number of imide groups is 1. The van der Waals surface area contributed by atoms with Crippen LogP contribution in [0.2, 0.25) is 0 Å². The summed E-state index contributed by atoms with van der Waals surface area (Å²) in [6.07, 6.45) is -0.121. The number of fused-ring (bicyclic) bond motifs is 1. The van der Waals surface area contributed by atoms with E-state index >= 15 is 0 Å². The second-order valence-electron chi connectivity index (χ2n) is 16.7. The molecule has 4 saturated heterocycles. The minimum Gasteiger partial charge on any atom is -0.370 e. The fourth-order valence-corrected chi connectivity index (χ4v) is 8.35. The molecule has 1 aromatic heterocycles. The average molecular weight is 787 g/mol. The number of nitrogens with zero attached hydrogens (tertiary/aromatic N) is 6. The van der Waals surface area contributed by atoms with Crippen LogP contribution in [0, 0.1) is 5.41 Å². The quantitative estimate of drug-likeness (QED) is 0.296. The van der Waals surface area contributed by atoms with Crippen LogP contribution in [-0.4, -0.2) is 135 Å². The van der Waals surface area contributed by atoms with Crippen molar-refractivity contribution in [3.8, 4) is 0 Å². The molecule has 1 unspecified atom stereocenters. The zero-order valence-electron chi connectivity index (χ0n) is 33.2. The third-order valence-electron chi connectivity index (χ3n) is 11.9. The van der Waals surface area contributed by atoms with E-state index in [1.54, 1.807) is 21.7 Å².